The number of thiol groups is 1. The lowest BCUT2D eigenvalue weighted by atomic mass is 9.80. The fourth-order valence-corrected chi connectivity index (χ4v) is 2.01. The zero-order valence-electron chi connectivity index (χ0n) is 6.92. The highest BCUT2D eigenvalue weighted by Gasteiger charge is 2.34. The van der Waals surface area contributed by atoms with Gasteiger partial charge in [0.1, 0.15) is 0 Å². The van der Waals surface area contributed by atoms with E-state index >= 15 is 0 Å². The Kier molecular flexibility index (Phi) is 2.31. The highest BCUT2D eigenvalue weighted by atomic mass is 32.1. The Bertz CT molecular complexity index is 117. The monoisotopic (exact) mass is 160 g/mol. The van der Waals surface area contributed by atoms with Crippen LogP contribution in [0.15, 0.2) is 0 Å². The standard InChI is InChI=1S/C8H16OS/c1-8(2,3)6-4-9-5-7(6)10/h6-7,10H,4-5H2,1-3H3/t6?,7-/m0/s1. The van der Waals surface area contributed by atoms with Gasteiger partial charge >= 0.3 is 0 Å². The quantitative estimate of drug-likeness (QED) is 0.533. The zero-order chi connectivity index (χ0) is 7.78. The highest BCUT2D eigenvalue weighted by molar-refractivity contribution is 7.81. The van der Waals surface area contributed by atoms with Gasteiger partial charge in [0, 0.05) is 11.2 Å². The van der Waals surface area contributed by atoms with E-state index in [1.807, 2.05) is 0 Å². The van der Waals surface area contributed by atoms with Crippen LogP contribution in [-0.4, -0.2) is 18.5 Å². The van der Waals surface area contributed by atoms with Crippen LogP contribution in [0.2, 0.25) is 0 Å². The zero-order valence-corrected chi connectivity index (χ0v) is 7.82. The average molecular weight is 160 g/mol. The summed E-state index contributed by atoms with van der Waals surface area (Å²) in [6.07, 6.45) is 0. The molecule has 0 saturated carbocycles. The second kappa shape index (κ2) is 2.74. The van der Waals surface area contributed by atoms with E-state index in [1.165, 1.54) is 0 Å². The lowest BCUT2D eigenvalue weighted by Crippen LogP contribution is -2.27. The fourth-order valence-electron chi connectivity index (χ4n) is 1.37. The molecule has 0 bridgehead atoms. The van der Waals surface area contributed by atoms with E-state index in [9.17, 15) is 0 Å². The van der Waals surface area contributed by atoms with Crippen LogP contribution in [0.5, 0.6) is 0 Å². The molecule has 0 aromatic rings. The molecule has 1 unspecified atom stereocenters. The number of rotatable bonds is 0. The molecular weight excluding hydrogens is 144 g/mol. The normalized spacial score (nSPS) is 34.8. The van der Waals surface area contributed by atoms with Gasteiger partial charge in [-0.3, -0.25) is 0 Å². The van der Waals surface area contributed by atoms with Crippen LogP contribution in [0.4, 0.5) is 0 Å². The molecule has 0 radical (unpaired) electrons. The third kappa shape index (κ3) is 1.67. The largest absolute Gasteiger partial charge is 0.380 e. The number of hydrogen-bond acceptors (Lipinski definition) is 2. The predicted octanol–water partition coefficient (Wildman–Crippen LogP) is 1.98. The third-order valence-electron chi connectivity index (χ3n) is 2.16. The van der Waals surface area contributed by atoms with Gasteiger partial charge in [-0.2, -0.15) is 12.6 Å². The van der Waals surface area contributed by atoms with Gasteiger partial charge in [-0.15, -0.1) is 0 Å². The number of hydrogen-bond donors (Lipinski definition) is 1. The summed E-state index contributed by atoms with van der Waals surface area (Å²) in [6.45, 7) is 8.45. The summed E-state index contributed by atoms with van der Waals surface area (Å²) in [7, 11) is 0. The van der Waals surface area contributed by atoms with Crippen molar-refractivity contribution in [3.05, 3.63) is 0 Å². The van der Waals surface area contributed by atoms with Crippen LogP contribution < -0.4 is 0 Å². The Morgan fingerprint density at radius 2 is 1.90 bits per heavy atom. The van der Waals surface area contributed by atoms with Crippen molar-refractivity contribution in [2.75, 3.05) is 13.2 Å². The molecule has 1 fully saturated rings. The van der Waals surface area contributed by atoms with Crippen molar-refractivity contribution >= 4 is 12.6 Å². The molecule has 0 aromatic heterocycles. The molecule has 0 N–H and O–H groups in total. The first-order valence-electron chi connectivity index (χ1n) is 3.77. The first-order valence-corrected chi connectivity index (χ1v) is 4.29. The SMILES string of the molecule is CC(C)(C)C1COC[C@@H]1S. The molecule has 2 heteroatoms. The Labute approximate surface area is 68.6 Å². The molecule has 60 valence electrons. The molecule has 0 spiro atoms. The second-order valence-electron chi connectivity index (χ2n) is 4.08. The van der Waals surface area contributed by atoms with Crippen molar-refractivity contribution in [2.24, 2.45) is 11.3 Å². The molecule has 0 aliphatic carbocycles. The maximum atomic E-state index is 5.32. The third-order valence-corrected chi connectivity index (χ3v) is 2.67. The van der Waals surface area contributed by atoms with Crippen LogP contribution in [0.3, 0.4) is 0 Å². The van der Waals surface area contributed by atoms with Crippen molar-refractivity contribution in [1.82, 2.24) is 0 Å². The van der Waals surface area contributed by atoms with E-state index in [0.29, 0.717) is 16.6 Å². The van der Waals surface area contributed by atoms with E-state index < -0.39 is 0 Å². The summed E-state index contributed by atoms with van der Waals surface area (Å²) in [6, 6.07) is 0. The molecular formula is C8H16OS. The van der Waals surface area contributed by atoms with E-state index in [1.54, 1.807) is 0 Å². The van der Waals surface area contributed by atoms with Crippen molar-refractivity contribution < 1.29 is 4.74 Å². The minimum atomic E-state index is 0.350. The molecule has 1 saturated heterocycles. The Hall–Kier alpha value is 0.310. The van der Waals surface area contributed by atoms with Crippen LogP contribution in [0.25, 0.3) is 0 Å². The summed E-state index contributed by atoms with van der Waals surface area (Å²) in [4.78, 5) is 0. The lowest BCUT2D eigenvalue weighted by Gasteiger charge is -2.28. The van der Waals surface area contributed by atoms with Gasteiger partial charge in [0.05, 0.1) is 13.2 Å². The Morgan fingerprint density at radius 1 is 1.30 bits per heavy atom. The summed E-state index contributed by atoms with van der Waals surface area (Å²) in [5.74, 6) is 0.621. The van der Waals surface area contributed by atoms with Crippen molar-refractivity contribution in [3.8, 4) is 0 Å². The molecule has 1 nitrogen and oxygen atoms in total. The van der Waals surface area contributed by atoms with E-state index in [4.69, 9.17) is 4.74 Å². The van der Waals surface area contributed by atoms with Gasteiger partial charge in [-0.25, -0.2) is 0 Å². The van der Waals surface area contributed by atoms with Crippen LogP contribution in [-0.2, 0) is 4.74 Å². The molecule has 1 aliphatic rings. The minimum absolute atomic E-state index is 0.350. The van der Waals surface area contributed by atoms with Crippen LogP contribution in [0.1, 0.15) is 20.8 Å². The smallest absolute Gasteiger partial charge is 0.0586 e. The summed E-state index contributed by atoms with van der Waals surface area (Å²) in [5.41, 5.74) is 0.350. The molecule has 1 aliphatic heterocycles. The van der Waals surface area contributed by atoms with E-state index in [0.717, 1.165) is 13.2 Å². The van der Waals surface area contributed by atoms with Gasteiger partial charge in [-0.05, 0) is 5.41 Å². The summed E-state index contributed by atoms with van der Waals surface area (Å²) >= 11 is 4.46. The van der Waals surface area contributed by atoms with Gasteiger partial charge in [0.2, 0.25) is 0 Å². The first-order chi connectivity index (χ1) is 4.52. The minimum Gasteiger partial charge on any atom is -0.380 e. The van der Waals surface area contributed by atoms with Crippen molar-refractivity contribution in [2.45, 2.75) is 26.0 Å². The molecule has 2 atom stereocenters. The van der Waals surface area contributed by atoms with Gasteiger partial charge in [-0.1, -0.05) is 20.8 Å². The molecule has 1 heterocycles. The number of ether oxygens (including phenoxy) is 1. The van der Waals surface area contributed by atoms with Crippen molar-refractivity contribution in [3.63, 3.8) is 0 Å². The van der Waals surface area contributed by atoms with Gasteiger partial charge in [0.15, 0.2) is 0 Å². The second-order valence-corrected chi connectivity index (χ2v) is 4.74. The Morgan fingerprint density at radius 3 is 2.10 bits per heavy atom. The molecule has 1 rings (SSSR count). The molecule has 0 aromatic carbocycles. The maximum absolute atomic E-state index is 5.32. The highest BCUT2D eigenvalue weighted by Crippen LogP contribution is 2.34. The van der Waals surface area contributed by atoms with E-state index in [-0.39, 0.29) is 0 Å². The average Bonchev–Trinajstić information content (AvgIpc) is 2.11. The molecule has 10 heavy (non-hydrogen) atoms. The van der Waals surface area contributed by atoms with Crippen LogP contribution in [0, 0.1) is 11.3 Å². The Balaban J connectivity index is 2.55. The maximum Gasteiger partial charge on any atom is 0.0586 e. The van der Waals surface area contributed by atoms with Gasteiger partial charge < -0.3 is 4.74 Å². The molecule has 0 amide bonds. The van der Waals surface area contributed by atoms with Crippen molar-refractivity contribution in [1.29, 1.82) is 0 Å². The predicted molar refractivity (Wildman–Crippen MR) is 46.5 cm³/mol. The first kappa shape index (κ1) is 8.41. The van der Waals surface area contributed by atoms with E-state index in [2.05, 4.69) is 33.4 Å². The summed E-state index contributed by atoms with van der Waals surface area (Å²) < 4.78 is 5.32. The topological polar surface area (TPSA) is 9.23 Å². The lowest BCUT2D eigenvalue weighted by molar-refractivity contribution is 0.152. The fraction of sp³-hybridized carbons (Fsp3) is 1.00. The van der Waals surface area contributed by atoms with Gasteiger partial charge in [0.25, 0.3) is 0 Å². The van der Waals surface area contributed by atoms with Crippen LogP contribution >= 0.6 is 12.6 Å². The summed E-state index contributed by atoms with van der Waals surface area (Å²) in [5, 5.41) is 0.444.